The van der Waals surface area contributed by atoms with Crippen LogP contribution in [0.1, 0.15) is 25.3 Å². The van der Waals surface area contributed by atoms with Crippen LogP contribution in [-0.2, 0) is 22.9 Å². The zero-order valence-corrected chi connectivity index (χ0v) is 14.9. The molecule has 1 aromatic carbocycles. The van der Waals surface area contributed by atoms with Gasteiger partial charge in [-0.2, -0.15) is 0 Å². The van der Waals surface area contributed by atoms with Gasteiger partial charge in [-0.05, 0) is 30.2 Å². The van der Waals surface area contributed by atoms with Crippen LogP contribution in [0.5, 0.6) is 0 Å². The van der Waals surface area contributed by atoms with Gasteiger partial charge < -0.3 is 4.42 Å². The number of nitrogens with zero attached hydrogens (tertiary/aromatic N) is 2. The topological polar surface area (TPSA) is 85.1 Å². The zero-order chi connectivity index (χ0) is 17.2. The Balaban J connectivity index is 1.81. The number of thiophene rings is 1. The first kappa shape index (κ1) is 16.7. The van der Waals surface area contributed by atoms with E-state index in [1.807, 2.05) is 26.0 Å². The Morgan fingerprint density at radius 3 is 2.50 bits per heavy atom. The molecule has 0 fully saturated rings. The molecule has 6 nitrogen and oxygen atoms in total. The Hall–Kier alpha value is -2.19. The lowest BCUT2D eigenvalue weighted by molar-refractivity contribution is 0.513. The number of anilines is 1. The molecule has 24 heavy (non-hydrogen) atoms. The summed E-state index contributed by atoms with van der Waals surface area (Å²) in [7, 11) is -3.64. The average Bonchev–Trinajstić information content (AvgIpc) is 3.24. The number of hydrogen-bond donors (Lipinski definition) is 1. The van der Waals surface area contributed by atoms with Gasteiger partial charge in [-0.15, -0.1) is 21.5 Å². The lowest BCUT2D eigenvalue weighted by atomic mass is 10.2. The van der Waals surface area contributed by atoms with Crippen molar-refractivity contribution in [2.75, 3.05) is 4.72 Å². The molecule has 0 aliphatic carbocycles. The van der Waals surface area contributed by atoms with Crippen molar-refractivity contribution in [1.29, 1.82) is 0 Å². The minimum Gasteiger partial charge on any atom is -0.421 e. The van der Waals surface area contributed by atoms with E-state index in [1.165, 1.54) is 0 Å². The molecule has 0 saturated heterocycles. The molecular weight excluding hydrogens is 346 g/mol. The summed E-state index contributed by atoms with van der Waals surface area (Å²) in [4.78, 5) is 0. The fraction of sp³-hybridized carbons (Fsp3) is 0.250. The molecule has 0 spiro atoms. The molecule has 8 heteroatoms. The molecule has 0 amide bonds. The van der Waals surface area contributed by atoms with E-state index in [2.05, 4.69) is 14.9 Å². The first-order chi connectivity index (χ1) is 11.5. The number of rotatable bonds is 6. The maximum absolute atomic E-state index is 12.5. The first-order valence-corrected chi connectivity index (χ1v) is 9.91. The third-order valence-corrected chi connectivity index (χ3v) is 6.29. The molecule has 0 atom stereocenters. The number of benzene rings is 1. The summed E-state index contributed by atoms with van der Waals surface area (Å²) in [6.07, 6.45) is 1.54. The van der Waals surface area contributed by atoms with Crippen LogP contribution in [0.25, 0.3) is 11.5 Å². The highest BCUT2D eigenvalue weighted by Gasteiger charge is 2.19. The number of aryl methyl sites for hydroxylation is 2. The van der Waals surface area contributed by atoms with Crippen molar-refractivity contribution in [3.05, 3.63) is 47.2 Å². The van der Waals surface area contributed by atoms with Crippen molar-refractivity contribution >= 4 is 27.0 Å². The average molecular weight is 363 g/mol. The Labute approximate surface area is 144 Å². The van der Waals surface area contributed by atoms with E-state index in [-0.39, 0.29) is 4.21 Å². The smallest absolute Gasteiger partial charge is 0.271 e. The van der Waals surface area contributed by atoms with Gasteiger partial charge in [-0.25, -0.2) is 8.42 Å². The second-order valence-corrected chi connectivity index (χ2v) is 7.99. The maximum Gasteiger partial charge on any atom is 0.271 e. The van der Waals surface area contributed by atoms with E-state index in [1.54, 1.807) is 23.6 Å². The van der Waals surface area contributed by atoms with Gasteiger partial charge in [0.15, 0.2) is 0 Å². The summed E-state index contributed by atoms with van der Waals surface area (Å²) in [6, 6.07) is 8.87. The SMILES string of the molecule is CCc1ccc(NS(=O)(=O)c2cc(-c3nnc(CC)o3)cs2)cc1. The number of aromatic nitrogens is 2. The van der Waals surface area contributed by atoms with E-state index in [4.69, 9.17) is 4.42 Å². The van der Waals surface area contributed by atoms with Crippen LogP contribution in [0.15, 0.2) is 44.3 Å². The molecule has 2 heterocycles. The molecule has 0 aliphatic heterocycles. The summed E-state index contributed by atoms with van der Waals surface area (Å²) in [5.41, 5.74) is 2.29. The lowest BCUT2D eigenvalue weighted by Crippen LogP contribution is -2.11. The monoisotopic (exact) mass is 363 g/mol. The molecule has 3 rings (SSSR count). The van der Waals surface area contributed by atoms with Gasteiger partial charge in [0, 0.05) is 17.5 Å². The highest BCUT2D eigenvalue weighted by molar-refractivity contribution is 7.94. The van der Waals surface area contributed by atoms with Gasteiger partial charge >= 0.3 is 0 Å². The molecule has 126 valence electrons. The molecule has 0 aliphatic rings. The Bertz CT molecular complexity index is 928. The van der Waals surface area contributed by atoms with Crippen LogP contribution >= 0.6 is 11.3 Å². The molecule has 0 bridgehead atoms. The van der Waals surface area contributed by atoms with Gasteiger partial charge in [0.05, 0.1) is 5.56 Å². The van der Waals surface area contributed by atoms with E-state index >= 15 is 0 Å². The normalized spacial score (nSPS) is 11.6. The van der Waals surface area contributed by atoms with E-state index < -0.39 is 10.0 Å². The summed E-state index contributed by atoms with van der Waals surface area (Å²) in [6.45, 7) is 3.96. The molecule has 0 radical (unpaired) electrons. The van der Waals surface area contributed by atoms with E-state index in [0.717, 1.165) is 23.3 Å². The van der Waals surface area contributed by atoms with Crippen LogP contribution in [0.2, 0.25) is 0 Å². The molecule has 0 saturated carbocycles. The van der Waals surface area contributed by atoms with Crippen molar-refractivity contribution in [2.24, 2.45) is 0 Å². The van der Waals surface area contributed by atoms with Crippen LogP contribution < -0.4 is 4.72 Å². The summed E-state index contributed by atoms with van der Waals surface area (Å²) < 4.78 is 33.2. The second kappa shape index (κ2) is 6.74. The van der Waals surface area contributed by atoms with Gasteiger partial charge in [-0.3, -0.25) is 4.72 Å². The van der Waals surface area contributed by atoms with Gasteiger partial charge in [0.1, 0.15) is 4.21 Å². The predicted molar refractivity (Wildman–Crippen MR) is 93.6 cm³/mol. The zero-order valence-electron chi connectivity index (χ0n) is 13.3. The van der Waals surface area contributed by atoms with Crippen molar-refractivity contribution in [3.63, 3.8) is 0 Å². The quantitative estimate of drug-likeness (QED) is 0.721. The Kier molecular flexibility index (Phi) is 4.68. The van der Waals surface area contributed by atoms with Crippen molar-refractivity contribution in [1.82, 2.24) is 10.2 Å². The minimum atomic E-state index is -3.64. The van der Waals surface area contributed by atoms with Crippen LogP contribution in [0.4, 0.5) is 5.69 Å². The number of hydrogen-bond acceptors (Lipinski definition) is 6. The van der Waals surface area contributed by atoms with Crippen LogP contribution in [0.3, 0.4) is 0 Å². The van der Waals surface area contributed by atoms with Gasteiger partial charge in [0.2, 0.25) is 11.8 Å². The summed E-state index contributed by atoms with van der Waals surface area (Å²) >= 11 is 1.12. The van der Waals surface area contributed by atoms with Crippen LogP contribution in [0, 0.1) is 0 Å². The minimum absolute atomic E-state index is 0.202. The lowest BCUT2D eigenvalue weighted by Gasteiger charge is -2.06. The summed E-state index contributed by atoms with van der Waals surface area (Å²) in [5.74, 6) is 0.853. The summed E-state index contributed by atoms with van der Waals surface area (Å²) in [5, 5.41) is 9.52. The number of sulfonamides is 1. The molecule has 0 unspecified atom stereocenters. The van der Waals surface area contributed by atoms with E-state index in [0.29, 0.717) is 29.5 Å². The van der Waals surface area contributed by atoms with Crippen LogP contribution in [-0.4, -0.2) is 18.6 Å². The predicted octanol–water partition coefficient (Wildman–Crippen LogP) is 3.72. The number of nitrogens with one attached hydrogen (secondary N) is 1. The fourth-order valence-electron chi connectivity index (χ4n) is 2.10. The maximum atomic E-state index is 12.5. The third kappa shape index (κ3) is 3.49. The first-order valence-electron chi connectivity index (χ1n) is 7.55. The highest BCUT2D eigenvalue weighted by Crippen LogP contribution is 2.29. The van der Waals surface area contributed by atoms with Gasteiger partial charge in [0.25, 0.3) is 10.0 Å². The van der Waals surface area contributed by atoms with Gasteiger partial charge in [-0.1, -0.05) is 26.0 Å². The van der Waals surface area contributed by atoms with Crippen molar-refractivity contribution < 1.29 is 12.8 Å². The molecular formula is C16H17N3O3S2. The second-order valence-electron chi connectivity index (χ2n) is 5.16. The molecule has 1 N–H and O–H groups in total. The third-order valence-electron chi connectivity index (χ3n) is 3.47. The fourth-order valence-corrected chi connectivity index (χ4v) is 4.31. The van der Waals surface area contributed by atoms with E-state index in [9.17, 15) is 8.42 Å². The Morgan fingerprint density at radius 2 is 1.88 bits per heavy atom. The Morgan fingerprint density at radius 1 is 1.12 bits per heavy atom. The molecule has 2 aromatic heterocycles. The standard InChI is InChI=1S/C16H17N3O3S2/c1-3-11-5-7-13(8-6-11)19-24(20,21)15-9-12(10-23-15)16-18-17-14(4-2)22-16/h5-10,19H,3-4H2,1-2H3. The largest absolute Gasteiger partial charge is 0.421 e. The van der Waals surface area contributed by atoms with Crippen molar-refractivity contribution in [3.8, 4) is 11.5 Å². The highest BCUT2D eigenvalue weighted by atomic mass is 32.2. The van der Waals surface area contributed by atoms with Crippen molar-refractivity contribution in [2.45, 2.75) is 30.9 Å². The molecule has 3 aromatic rings.